The van der Waals surface area contributed by atoms with Gasteiger partial charge < -0.3 is 9.64 Å². The minimum absolute atomic E-state index is 0.0413. The van der Waals surface area contributed by atoms with E-state index < -0.39 is 0 Å². The predicted octanol–water partition coefficient (Wildman–Crippen LogP) is 2.82. The van der Waals surface area contributed by atoms with E-state index in [2.05, 4.69) is 0 Å². The second kappa shape index (κ2) is 4.62. The van der Waals surface area contributed by atoms with E-state index in [9.17, 15) is 4.79 Å². The lowest BCUT2D eigenvalue weighted by Gasteiger charge is -2.13. The molecule has 0 saturated heterocycles. The van der Waals surface area contributed by atoms with Crippen LogP contribution in [0.15, 0.2) is 30.0 Å². The van der Waals surface area contributed by atoms with Crippen LogP contribution in [0.5, 0.6) is 0 Å². The molecule has 0 spiro atoms. The van der Waals surface area contributed by atoms with Gasteiger partial charge in [0.25, 0.3) is 5.91 Å². The van der Waals surface area contributed by atoms with E-state index in [-0.39, 0.29) is 5.91 Å². The van der Waals surface area contributed by atoms with Crippen molar-refractivity contribution in [3.05, 3.63) is 35.6 Å². The molecule has 1 aliphatic rings. The molecule has 1 heterocycles. The Labute approximate surface area is 102 Å². The molecule has 0 atom stereocenters. The molecule has 0 N–H and O–H groups in total. The van der Waals surface area contributed by atoms with Crippen molar-refractivity contribution in [2.75, 3.05) is 18.1 Å². The van der Waals surface area contributed by atoms with Crippen LogP contribution in [-0.2, 0) is 9.53 Å². The van der Waals surface area contributed by atoms with Crippen LogP contribution in [0, 0.1) is 0 Å². The van der Waals surface area contributed by atoms with Gasteiger partial charge in [0.1, 0.15) is 5.76 Å². The molecule has 90 valence electrons. The summed E-state index contributed by atoms with van der Waals surface area (Å²) in [5, 5.41) is 0. The average molecular weight is 231 g/mol. The van der Waals surface area contributed by atoms with Crippen molar-refractivity contribution in [1.82, 2.24) is 0 Å². The molecule has 17 heavy (non-hydrogen) atoms. The Morgan fingerprint density at radius 2 is 2.00 bits per heavy atom. The highest BCUT2D eigenvalue weighted by Crippen LogP contribution is 2.38. The summed E-state index contributed by atoms with van der Waals surface area (Å²) in [5.41, 5.74) is 2.66. The number of anilines is 1. The van der Waals surface area contributed by atoms with Crippen molar-refractivity contribution in [3.8, 4) is 0 Å². The first-order valence-corrected chi connectivity index (χ1v) is 5.95. The lowest BCUT2D eigenvalue weighted by Crippen LogP contribution is -2.26. The molecule has 0 saturated carbocycles. The molecule has 0 bridgehead atoms. The van der Waals surface area contributed by atoms with E-state index in [1.165, 1.54) is 0 Å². The molecule has 3 heteroatoms. The van der Waals surface area contributed by atoms with Gasteiger partial charge in [-0.25, -0.2) is 0 Å². The average Bonchev–Trinajstić information content (AvgIpc) is 2.61. The third-order valence-corrected chi connectivity index (χ3v) is 2.95. The van der Waals surface area contributed by atoms with E-state index in [1.54, 1.807) is 4.90 Å². The fourth-order valence-electron chi connectivity index (χ4n) is 2.22. The van der Waals surface area contributed by atoms with Crippen molar-refractivity contribution in [2.24, 2.45) is 0 Å². The smallest absolute Gasteiger partial charge is 0.262 e. The zero-order valence-corrected chi connectivity index (χ0v) is 10.5. The third-order valence-electron chi connectivity index (χ3n) is 2.95. The molecule has 1 amide bonds. The summed E-state index contributed by atoms with van der Waals surface area (Å²) in [4.78, 5) is 14.1. The normalized spacial score (nSPS) is 17.1. The van der Waals surface area contributed by atoms with Gasteiger partial charge in [-0.2, -0.15) is 0 Å². The Hall–Kier alpha value is -1.77. The molecule has 0 aliphatic carbocycles. The maximum absolute atomic E-state index is 12.3. The van der Waals surface area contributed by atoms with Crippen molar-refractivity contribution in [2.45, 2.75) is 20.8 Å². The van der Waals surface area contributed by atoms with Crippen molar-refractivity contribution < 1.29 is 9.53 Å². The van der Waals surface area contributed by atoms with Gasteiger partial charge in [0.2, 0.25) is 0 Å². The van der Waals surface area contributed by atoms with Gasteiger partial charge in [-0.3, -0.25) is 4.79 Å². The number of hydrogen-bond donors (Lipinski definition) is 0. The number of carbonyl (C=O) groups excluding carboxylic acids is 1. The molecule has 0 aromatic heterocycles. The van der Waals surface area contributed by atoms with Gasteiger partial charge in [-0.1, -0.05) is 18.2 Å². The number of para-hydroxylation sites is 1. The minimum atomic E-state index is 0.0413. The van der Waals surface area contributed by atoms with Crippen LogP contribution in [0.2, 0.25) is 0 Å². The highest BCUT2D eigenvalue weighted by atomic mass is 16.5. The maximum atomic E-state index is 12.3. The number of benzene rings is 1. The van der Waals surface area contributed by atoms with Gasteiger partial charge in [0.15, 0.2) is 0 Å². The number of nitrogens with zero attached hydrogens (tertiary/aromatic N) is 1. The largest absolute Gasteiger partial charge is 0.498 e. The van der Waals surface area contributed by atoms with Gasteiger partial charge in [-0.15, -0.1) is 0 Å². The molecule has 1 aromatic carbocycles. The SMILES string of the molecule is CCO/C(C)=C1/C(=O)N(CC)c2ccccc21. The van der Waals surface area contributed by atoms with Gasteiger partial charge >= 0.3 is 0 Å². The number of hydrogen-bond acceptors (Lipinski definition) is 2. The second-order valence-electron chi connectivity index (χ2n) is 3.93. The zero-order chi connectivity index (χ0) is 12.4. The lowest BCUT2D eigenvalue weighted by molar-refractivity contribution is -0.113. The fourth-order valence-corrected chi connectivity index (χ4v) is 2.22. The highest BCUT2D eigenvalue weighted by Gasteiger charge is 2.32. The molecule has 2 rings (SSSR count). The monoisotopic (exact) mass is 231 g/mol. The lowest BCUT2D eigenvalue weighted by atomic mass is 10.1. The molecular weight excluding hydrogens is 214 g/mol. The molecule has 0 fully saturated rings. The summed E-state index contributed by atoms with van der Waals surface area (Å²) < 4.78 is 5.48. The van der Waals surface area contributed by atoms with Crippen LogP contribution < -0.4 is 4.90 Å². The van der Waals surface area contributed by atoms with Crippen LogP contribution in [0.1, 0.15) is 26.3 Å². The highest BCUT2D eigenvalue weighted by molar-refractivity contribution is 6.32. The van der Waals surface area contributed by atoms with Crippen LogP contribution >= 0.6 is 0 Å². The Morgan fingerprint density at radius 3 is 2.65 bits per heavy atom. The van der Waals surface area contributed by atoms with Crippen LogP contribution in [0.25, 0.3) is 5.57 Å². The van der Waals surface area contributed by atoms with Gasteiger partial charge in [0.05, 0.1) is 17.9 Å². The molecule has 1 aliphatic heterocycles. The summed E-state index contributed by atoms with van der Waals surface area (Å²) in [5.74, 6) is 0.751. The van der Waals surface area contributed by atoms with Crippen molar-refractivity contribution in [1.29, 1.82) is 0 Å². The number of rotatable bonds is 3. The second-order valence-corrected chi connectivity index (χ2v) is 3.93. The van der Waals surface area contributed by atoms with Crippen molar-refractivity contribution in [3.63, 3.8) is 0 Å². The number of allylic oxidation sites excluding steroid dienone is 1. The Kier molecular flexibility index (Phi) is 3.18. The quantitative estimate of drug-likeness (QED) is 0.591. The Morgan fingerprint density at radius 1 is 1.29 bits per heavy atom. The van der Waals surface area contributed by atoms with E-state index in [0.29, 0.717) is 24.5 Å². The molecule has 0 unspecified atom stereocenters. The first kappa shape index (κ1) is 11.7. The summed E-state index contributed by atoms with van der Waals surface area (Å²) in [7, 11) is 0. The number of likely N-dealkylation sites (N-methyl/N-ethyl adjacent to an activating group) is 1. The summed E-state index contributed by atoms with van der Waals surface area (Å²) in [6.45, 7) is 7.02. The van der Waals surface area contributed by atoms with Crippen LogP contribution in [0.3, 0.4) is 0 Å². The Balaban J connectivity index is 2.57. The van der Waals surface area contributed by atoms with E-state index in [4.69, 9.17) is 4.74 Å². The van der Waals surface area contributed by atoms with E-state index in [1.807, 2.05) is 45.0 Å². The standard InChI is InChI=1S/C14H17NO2/c1-4-15-12-9-7-6-8-11(12)13(14(15)16)10(3)17-5-2/h6-9H,4-5H2,1-3H3/b13-10+. The van der Waals surface area contributed by atoms with Gasteiger partial charge in [0, 0.05) is 12.1 Å². The van der Waals surface area contributed by atoms with Gasteiger partial charge in [-0.05, 0) is 26.8 Å². The molecule has 0 radical (unpaired) electrons. The third kappa shape index (κ3) is 1.82. The van der Waals surface area contributed by atoms with Crippen LogP contribution in [-0.4, -0.2) is 19.1 Å². The summed E-state index contributed by atoms with van der Waals surface area (Å²) in [6.07, 6.45) is 0. The number of fused-ring (bicyclic) bond motifs is 1. The predicted molar refractivity (Wildman–Crippen MR) is 68.7 cm³/mol. The van der Waals surface area contributed by atoms with E-state index in [0.717, 1.165) is 11.3 Å². The van der Waals surface area contributed by atoms with Crippen molar-refractivity contribution >= 4 is 17.2 Å². The van der Waals surface area contributed by atoms with Crippen LogP contribution in [0.4, 0.5) is 5.69 Å². The molecule has 3 nitrogen and oxygen atoms in total. The molecule has 1 aromatic rings. The number of carbonyl (C=O) groups is 1. The number of ether oxygens (including phenoxy) is 1. The number of amides is 1. The zero-order valence-electron chi connectivity index (χ0n) is 10.5. The van der Waals surface area contributed by atoms with E-state index >= 15 is 0 Å². The topological polar surface area (TPSA) is 29.5 Å². The minimum Gasteiger partial charge on any atom is -0.498 e. The maximum Gasteiger partial charge on any atom is 0.262 e. The Bertz CT molecular complexity index is 477. The summed E-state index contributed by atoms with van der Waals surface area (Å²) >= 11 is 0. The molecular formula is C14H17NO2. The summed E-state index contributed by atoms with van der Waals surface area (Å²) in [6, 6.07) is 7.85. The fraction of sp³-hybridized carbons (Fsp3) is 0.357. The first-order chi connectivity index (χ1) is 8.20. The first-order valence-electron chi connectivity index (χ1n) is 5.95.